The third-order valence-electron chi connectivity index (χ3n) is 3.40. The van der Waals surface area contributed by atoms with Gasteiger partial charge in [-0.1, -0.05) is 6.58 Å². The Kier molecular flexibility index (Phi) is 2.83. The van der Waals surface area contributed by atoms with Gasteiger partial charge >= 0.3 is 7.12 Å². The topological polar surface area (TPSA) is 44.2 Å². The minimum absolute atomic E-state index is 0.351. The molecule has 0 aliphatic carbocycles. The molecule has 5 heteroatoms. The molecule has 2 heterocycles. The molecular formula is C12H17BN2O2. The van der Waals surface area contributed by atoms with Crippen molar-refractivity contribution in [3.8, 4) is 0 Å². The van der Waals surface area contributed by atoms with E-state index in [1.54, 1.807) is 18.5 Å². The summed E-state index contributed by atoms with van der Waals surface area (Å²) in [7, 11) is -0.452. The number of aromatic nitrogens is 2. The van der Waals surface area contributed by atoms with E-state index in [0.29, 0.717) is 5.59 Å². The number of rotatable bonds is 2. The molecule has 0 unspecified atom stereocenters. The molecule has 0 atom stereocenters. The van der Waals surface area contributed by atoms with E-state index in [1.165, 1.54) is 0 Å². The summed E-state index contributed by atoms with van der Waals surface area (Å²) in [4.78, 5) is 8.48. The smallest absolute Gasteiger partial charge is 0.398 e. The summed E-state index contributed by atoms with van der Waals surface area (Å²) in [5.74, 6) is 0. The third-order valence-corrected chi connectivity index (χ3v) is 3.40. The van der Waals surface area contributed by atoms with Crippen molar-refractivity contribution in [2.24, 2.45) is 0 Å². The summed E-state index contributed by atoms with van der Waals surface area (Å²) in [6.45, 7) is 11.7. The first-order valence-electron chi connectivity index (χ1n) is 5.66. The van der Waals surface area contributed by atoms with Gasteiger partial charge in [-0.3, -0.25) is 9.97 Å². The molecule has 17 heavy (non-hydrogen) atoms. The van der Waals surface area contributed by atoms with Crippen molar-refractivity contribution < 1.29 is 9.31 Å². The lowest BCUT2D eigenvalue weighted by molar-refractivity contribution is 0.00578. The first kappa shape index (κ1) is 12.3. The Morgan fingerprint density at radius 3 is 2.12 bits per heavy atom. The maximum atomic E-state index is 5.87. The lowest BCUT2D eigenvalue weighted by Gasteiger charge is -2.32. The Hall–Kier alpha value is -1.20. The molecule has 0 spiro atoms. The fourth-order valence-electron chi connectivity index (χ4n) is 1.54. The first-order chi connectivity index (χ1) is 7.86. The van der Waals surface area contributed by atoms with Gasteiger partial charge in [-0.05, 0) is 33.8 Å². The van der Waals surface area contributed by atoms with Crippen molar-refractivity contribution >= 4 is 18.8 Å². The summed E-state index contributed by atoms with van der Waals surface area (Å²) >= 11 is 0. The van der Waals surface area contributed by atoms with E-state index in [0.717, 1.165) is 5.69 Å². The first-order valence-corrected chi connectivity index (χ1v) is 5.66. The monoisotopic (exact) mass is 232 g/mol. The van der Waals surface area contributed by atoms with Crippen LogP contribution < -0.4 is 5.59 Å². The van der Waals surface area contributed by atoms with E-state index >= 15 is 0 Å². The lowest BCUT2D eigenvalue weighted by atomic mass is 9.85. The van der Waals surface area contributed by atoms with Crippen LogP contribution in [-0.2, 0) is 9.31 Å². The molecule has 0 N–H and O–H groups in total. The van der Waals surface area contributed by atoms with Gasteiger partial charge in [-0.2, -0.15) is 0 Å². The molecule has 0 saturated carbocycles. The molecule has 1 aliphatic heterocycles. The fraction of sp³-hybridized carbons (Fsp3) is 0.500. The summed E-state index contributed by atoms with van der Waals surface area (Å²) < 4.78 is 11.7. The molecule has 90 valence electrons. The molecule has 1 aromatic heterocycles. The highest BCUT2D eigenvalue weighted by Crippen LogP contribution is 2.36. The molecule has 0 aromatic carbocycles. The Bertz CT molecular complexity index is 413. The van der Waals surface area contributed by atoms with Gasteiger partial charge in [0.15, 0.2) is 0 Å². The van der Waals surface area contributed by atoms with Gasteiger partial charge in [0, 0.05) is 6.20 Å². The largest absolute Gasteiger partial charge is 0.516 e. The van der Waals surface area contributed by atoms with Gasteiger partial charge < -0.3 is 9.31 Å². The molecule has 4 nitrogen and oxygen atoms in total. The van der Waals surface area contributed by atoms with E-state index in [-0.39, 0.29) is 11.2 Å². The summed E-state index contributed by atoms with van der Waals surface area (Å²) in [5.41, 5.74) is 0.729. The highest BCUT2D eigenvalue weighted by Gasteiger charge is 2.52. The molecule has 0 bridgehead atoms. The van der Waals surface area contributed by atoms with Gasteiger partial charge in [0.05, 0.1) is 28.7 Å². The second kappa shape index (κ2) is 3.93. The molecule has 1 aliphatic rings. The zero-order valence-electron chi connectivity index (χ0n) is 10.7. The Labute approximate surface area is 102 Å². The van der Waals surface area contributed by atoms with Crippen molar-refractivity contribution in [3.05, 3.63) is 24.7 Å². The maximum absolute atomic E-state index is 5.87. The Morgan fingerprint density at radius 1 is 1.12 bits per heavy atom. The zero-order chi connectivity index (χ0) is 12.7. The normalized spacial score (nSPS) is 21.5. The van der Waals surface area contributed by atoms with Crippen LogP contribution in [-0.4, -0.2) is 28.3 Å². The second-order valence-electron chi connectivity index (χ2n) is 5.16. The van der Waals surface area contributed by atoms with E-state index in [2.05, 4.69) is 16.5 Å². The summed E-state index contributed by atoms with van der Waals surface area (Å²) in [6, 6.07) is 0. The third kappa shape index (κ3) is 2.12. The maximum Gasteiger partial charge on any atom is 0.516 e. The predicted octanol–water partition coefficient (Wildman–Crippen LogP) is 1.42. The molecule has 0 amide bonds. The molecule has 1 saturated heterocycles. The zero-order valence-corrected chi connectivity index (χ0v) is 10.7. The van der Waals surface area contributed by atoms with Crippen LogP contribution in [0.2, 0.25) is 0 Å². The van der Waals surface area contributed by atoms with Crippen LogP contribution >= 0.6 is 0 Å². The van der Waals surface area contributed by atoms with Crippen LogP contribution in [0.1, 0.15) is 33.4 Å². The van der Waals surface area contributed by atoms with Gasteiger partial charge in [0.2, 0.25) is 0 Å². The molecular weight excluding hydrogens is 215 g/mol. The average molecular weight is 232 g/mol. The minimum atomic E-state index is -0.452. The predicted molar refractivity (Wildman–Crippen MR) is 67.8 cm³/mol. The van der Waals surface area contributed by atoms with Crippen molar-refractivity contribution in [1.29, 1.82) is 0 Å². The quantitative estimate of drug-likeness (QED) is 0.723. The van der Waals surface area contributed by atoms with Crippen LogP contribution in [0.5, 0.6) is 0 Å². The fourth-order valence-corrected chi connectivity index (χ4v) is 1.54. The van der Waals surface area contributed by atoms with Crippen LogP contribution in [0.15, 0.2) is 19.0 Å². The highest BCUT2D eigenvalue weighted by molar-refractivity contribution is 6.61. The van der Waals surface area contributed by atoms with Crippen molar-refractivity contribution in [2.45, 2.75) is 38.9 Å². The van der Waals surface area contributed by atoms with Gasteiger partial charge in [-0.15, -0.1) is 0 Å². The Morgan fingerprint density at radius 2 is 1.71 bits per heavy atom. The van der Waals surface area contributed by atoms with E-state index in [9.17, 15) is 0 Å². The van der Waals surface area contributed by atoms with E-state index in [4.69, 9.17) is 9.31 Å². The molecule has 2 rings (SSSR count). The van der Waals surface area contributed by atoms with E-state index < -0.39 is 7.12 Å². The van der Waals surface area contributed by atoms with Gasteiger partial charge in [-0.25, -0.2) is 0 Å². The average Bonchev–Trinajstić information content (AvgIpc) is 2.48. The summed E-state index contributed by atoms with van der Waals surface area (Å²) in [5, 5.41) is 0. The van der Waals surface area contributed by atoms with Gasteiger partial charge in [0.1, 0.15) is 0 Å². The standard InChI is InChI=1S/C12H17BN2O2/c1-6-9-7-15-10(8-14-9)13-16-11(2,3)12(4,5)17-13/h6-8H,1H2,2-5H3. The molecule has 1 fully saturated rings. The van der Waals surface area contributed by atoms with E-state index in [1.807, 2.05) is 27.7 Å². The number of hydrogen-bond donors (Lipinski definition) is 0. The SMILES string of the molecule is C=Cc1cnc(B2OC(C)(C)C(C)(C)O2)cn1. The molecule has 0 radical (unpaired) electrons. The van der Waals surface area contributed by atoms with Crippen LogP contribution in [0.25, 0.3) is 6.08 Å². The number of hydrogen-bond acceptors (Lipinski definition) is 4. The lowest BCUT2D eigenvalue weighted by Crippen LogP contribution is -2.41. The number of nitrogens with zero attached hydrogens (tertiary/aromatic N) is 2. The minimum Gasteiger partial charge on any atom is -0.398 e. The van der Waals surface area contributed by atoms with Crippen molar-refractivity contribution in [2.75, 3.05) is 0 Å². The molecule has 1 aromatic rings. The van der Waals surface area contributed by atoms with Crippen molar-refractivity contribution in [3.63, 3.8) is 0 Å². The second-order valence-corrected chi connectivity index (χ2v) is 5.16. The van der Waals surface area contributed by atoms with Crippen LogP contribution in [0.3, 0.4) is 0 Å². The Balaban J connectivity index is 2.22. The van der Waals surface area contributed by atoms with Crippen LogP contribution in [0, 0.1) is 0 Å². The van der Waals surface area contributed by atoms with Crippen molar-refractivity contribution in [1.82, 2.24) is 9.97 Å². The highest BCUT2D eigenvalue weighted by atomic mass is 16.7. The van der Waals surface area contributed by atoms with Gasteiger partial charge in [0.25, 0.3) is 0 Å². The summed E-state index contributed by atoms with van der Waals surface area (Å²) in [6.07, 6.45) is 4.98. The van der Waals surface area contributed by atoms with Crippen LogP contribution in [0.4, 0.5) is 0 Å².